The van der Waals surface area contributed by atoms with Crippen LogP contribution in [0.1, 0.15) is 43.0 Å². The Balaban J connectivity index is 1.94. The summed E-state index contributed by atoms with van der Waals surface area (Å²) in [5.74, 6) is 0.0824. The van der Waals surface area contributed by atoms with Crippen LogP contribution < -0.4 is 10.9 Å². The highest BCUT2D eigenvalue weighted by atomic mass is 79.9. The quantitative estimate of drug-likeness (QED) is 0.690. The molecule has 23 heavy (non-hydrogen) atoms. The summed E-state index contributed by atoms with van der Waals surface area (Å²) in [4.78, 5) is 24.7. The lowest BCUT2D eigenvalue weighted by molar-refractivity contribution is 0.0906. The Hall–Kier alpha value is -1.14. The van der Waals surface area contributed by atoms with Gasteiger partial charge in [-0.25, -0.2) is 4.79 Å². The molecule has 1 N–H and O–H groups in total. The van der Waals surface area contributed by atoms with E-state index in [1.165, 1.54) is 6.42 Å². The average molecular weight is 443 g/mol. The van der Waals surface area contributed by atoms with Gasteiger partial charge in [-0.3, -0.25) is 4.79 Å². The Morgan fingerprint density at radius 3 is 2.70 bits per heavy atom. The van der Waals surface area contributed by atoms with E-state index >= 15 is 0 Å². The van der Waals surface area contributed by atoms with Gasteiger partial charge in [-0.15, -0.1) is 0 Å². The molecule has 1 aromatic carbocycles. The first-order chi connectivity index (χ1) is 11.0. The summed E-state index contributed by atoms with van der Waals surface area (Å²) in [5.41, 5.74) is -0.109. The third-order valence-corrected chi connectivity index (χ3v) is 5.47. The molecule has 1 aliphatic rings. The molecule has 1 heterocycles. The average Bonchev–Trinajstić information content (AvgIpc) is 2.49. The monoisotopic (exact) mass is 441 g/mol. The highest BCUT2D eigenvalue weighted by Gasteiger charge is 2.25. The summed E-state index contributed by atoms with van der Waals surface area (Å²) in [6.45, 7) is 2.14. The van der Waals surface area contributed by atoms with Crippen molar-refractivity contribution in [3.63, 3.8) is 0 Å². The number of carbonyl (C=O) groups excluding carboxylic acids is 1. The molecular weight excluding hydrogens is 426 g/mol. The standard InChI is InChI=1S/C17H17Br2NO3/c1-9-4-2-3-5-14(9)20-16(21)12-7-10-6-11(18)8-13(19)15(10)23-17(12)22/h6-9,14H,2-5H2,1H3,(H,20,21)/t9-,14-/m0/s1. The van der Waals surface area contributed by atoms with Gasteiger partial charge in [-0.2, -0.15) is 0 Å². The maximum atomic E-state index is 12.5. The summed E-state index contributed by atoms with van der Waals surface area (Å²) in [5, 5.41) is 3.70. The molecule has 4 nitrogen and oxygen atoms in total. The molecule has 1 aromatic heterocycles. The van der Waals surface area contributed by atoms with Crippen LogP contribution in [0.15, 0.2) is 36.4 Å². The predicted octanol–water partition coefficient (Wildman–Crippen LogP) is 4.63. The maximum absolute atomic E-state index is 12.5. The first-order valence-electron chi connectivity index (χ1n) is 7.69. The predicted molar refractivity (Wildman–Crippen MR) is 96.8 cm³/mol. The van der Waals surface area contributed by atoms with E-state index in [1.807, 2.05) is 6.07 Å². The number of fused-ring (bicyclic) bond motifs is 1. The Kier molecular flexibility index (Phi) is 4.92. The molecule has 1 aliphatic carbocycles. The summed E-state index contributed by atoms with van der Waals surface area (Å²) < 4.78 is 6.85. The number of halogens is 2. The number of hydrogen-bond acceptors (Lipinski definition) is 3. The van der Waals surface area contributed by atoms with Gasteiger partial charge in [-0.05, 0) is 52.9 Å². The Morgan fingerprint density at radius 1 is 1.22 bits per heavy atom. The fourth-order valence-electron chi connectivity index (χ4n) is 3.09. The highest BCUT2D eigenvalue weighted by Crippen LogP contribution is 2.28. The van der Waals surface area contributed by atoms with Gasteiger partial charge in [0.15, 0.2) is 5.58 Å². The van der Waals surface area contributed by atoms with Gasteiger partial charge in [-0.1, -0.05) is 35.7 Å². The van der Waals surface area contributed by atoms with Crippen molar-refractivity contribution in [3.8, 4) is 0 Å². The molecule has 2 aromatic rings. The van der Waals surface area contributed by atoms with Crippen LogP contribution in [-0.4, -0.2) is 11.9 Å². The summed E-state index contributed by atoms with van der Waals surface area (Å²) in [6, 6.07) is 5.35. The summed E-state index contributed by atoms with van der Waals surface area (Å²) >= 11 is 6.77. The molecule has 0 aliphatic heterocycles. The number of amides is 1. The van der Waals surface area contributed by atoms with E-state index in [2.05, 4.69) is 44.1 Å². The van der Waals surface area contributed by atoms with Crippen molar-refractivity contribution < 1.29 is 9.21 Å². The molecule has 0 saturated heterocycles. The van der Waals surface area contributed by atoms with E-state index in [9.17, 15) is 9.59 Å². The van der Waals surface area contributed by atoms with Gasteiger partial charge in [0.2, 0.25) is 0 Å². The van der Waals surface area contributed by atoms with Gasteiger partial charge >= 0.3 is 5.63 Å². The second-order valence-corrected chi connectivity index (χ2v) is 7.87. The fourth-order valence-corrected chi connectivity index (χ4v) is 4.43. The van der Waals surface area contributed by atoms with Crippen LogP contribution in [0.4, 0.5) is 0 Å². The van der Waals surface area contributed by atoms with Crippen LogP contribution in [0, 0.1) is 5.92 Å². The van der Waals surface area contributed by atoms with Gasteiger partial charge < -0.3 is 9.73 Å². The fraction of sp³-hybridized carbons (Fsp3) is 0.412. The zero-order chi connectivity index (χ0) is 16.6. The number of nitrogens with one attached hydrogen (secondary N) is 1. The van der Waals surface area contributed by atoms with E-state index in [-0.39, 0.29) is 17.5 Å². The number of carbonyl (C=O) groups is 1. The largest absolute Gasteiger partial charge is 0.421 e. The van der Waals surface area contributed by atoms with Crippen LogP contribution in [0.2, 0.25) is 0 Å². The van der Waals surface area contributed by atoms with Gasteiger partial charge in [0, 0.05) is 15.9 Å². The second-order valence-electron chi connectivity index (χ2n) is 6.10. The minimum atomic E-state index is -0.610. The van der Waals surface area contributed by atoms with Crippen molar-refractivity contribution in [2.24, 2.45) is 5.92 Å². The van der Waals surface area contributed by atoms with Gasteiger partial charge in [0.25, 0.3) is 5.91 Å². The van der Waals surface area contributed by atoms with Crippen molar-refractivity contribution in [2.45, 2.75) is 38.6 Å². The SMILES string of the molecule is C[C@H]1CCCC[C@@H]1NC(=O)c1cc2cc(Br)cc(Br)c2oc1=O. The maximum Gasteiger partial charge on any atom is 0.349 e. The molecule has 122 valence electrons. The Morgan fingerprint density at radius 2 is 1.96 bits per heavy atom. The van der Waals surface area contributed by atoms with E-state index in [1.54, 1.807) is 12.1 Å². The molecule has 3 rings (SSSR count). The minimum absolute atomic E-state index is 0.0558. The number of rotatable bonds is 2. The van der Waals surface area contributed by atoms with Crippen molar-refractivity contribution in [3.05, 3.63) is 43.1 Å². The zero-order valence-corrected chi connectivity index (χ0v) is 15.9. The Labute approximate surface area is 150 Å². The van der Waals surface area contributed by atoms with Crippen molar-refractivity contribution in [1.29, 1.82) is 0 Å². The third-order valence-electron chi connectivity index (χ3n) is 4.42. The molecule has 0 unspecified atom stereocenters. The lowest BCUT2D eigenvalue weighted by Crippen LogP contribution is -2.42. The van der Waals surface area contributed by atoms with Crippen LogP contribution in [0.5, 0.6) is 0 Å². The van der Waals surface area contributed by atoms with Crippen LogP contribution in [0.25, 0.3) is 11.0 Å². The van der Waals surface area contributed by atoms with Crippen LogP contribution >= 0.6 is 31.9 Å². The third kappa shape index (κ3) is 3.53. The molecule has 6 heteroatoms. The normalized spacial score (nSPS) is 21.3. The van der Waals surface area contributed by atoms with Gasteiger partial charge in [0.05, 0.1) is 4.47 Å². The highest BCUT2D eigenvalue weighted by molar-refractivity contribution is 9.11. The zero-order valence-electron chi connectivity index (χ0n) is 12.7. The summed E-state index contributed by atoms with van der Waals surface area (Å²) in [7, 11) is 0. The molecular formula is C17H17Br2NO3. The van der Waals surface area contributed by atoms with E-state index in [4.69, 9.17) is 4.42 Å². The summed E-state index contributed by atoms with van der Waals surface area (Å²) in [6.07, 6.45) is 4.38. The van der Waals surface area contributed by atoms with E-state index in [0.717, 1.165) is 23.7 Å². The van der Waals surface area contributed by atoms with Crippen molar-refractivity contribution in [2.75, 3.05) is 0 Å². The number of hydrogen-bond donors (Lipinski definition) is 1. The lowest BCUT2D eigenvalue weighted by Gasteiger charge is -2.29. The molecule has 1 fully saturated rings. The molecule has 0 radical (unpaired) electrons. The van der Waals surface area contributed by atoms with Crippen molar-refractivity contribution >= 4 is 48.7 Å². The van der Waals surface area contributed by atoms with Crippen LogP contribution in [-0.2, 0) is 0 Å². The molecule has 0 bridgehead atoms. The minimum Gasteiger partial charge on any atom is -0.421 e. The van der Waals surface area contributed by atoms with E-state index in [0.29, 0.717) is 21.4 Å². The molecule has 0 spiro atoms. The second kappa shape index (κ2) is 6.77. The first-order valence-corrected chi connectivity index (χ1v) is 9.28. The van der Waals surface area contributed by atoms with Crippen molar-refractivity contribution in [1.82, 2.24) is 5.32 Å². The van der Waals surface area contributed by atoms with Crippen LogP contribution in [0.3, 0.4) is 0 Å². The molecule has 1 saturated carbocycles. The number of benzene rings is 1. The van der Waals surface area contributed by atoms with E-state index < -0.39 is 5.63 Å². The first kappa shape index (κ1) is 16.7. The Bertz CT molecular complexity index is 815. The van der Waals surface area contributed by atoms with Gasteiger partial charge in [0.1, 0.15) is 5.56 Å². The molecule has 2 atom stereocenters. The lowest BCUT2D eigenvalue weighted by atomic mass is 9.86. The topological polar surface area (TPSA) is 59.3 Å². The molecule has 1 amide bonds. The smallest absolute Gasteiger partial charge is 0.349 e.